The van der Waals surface area contributed by atoms with E-state index in [0.717, 1.165) is 38.2 Å². The average Bonchev–Trinajstić information content (AvgIpc) is 3.29. The van der Waals surface area contributed by atoms with Gasteiger partial charge in [-0.2, -0.15) is 14.0 Å². The number of hydrogen-bond donors (Lipinski definition) is 2. The number of alkyl halides is 2. The molecule has 1 aliphatic rings. The van der Waals surface area contributed by atoms with E-state index in [-0.39, 0.29) is 18.2 Å². The number of benzene rings is 1. The Morgan fingerprint density at radius 3 is 2.77 bits per heavy atom. The Morgan fingerprint density at radius 2 is 2.03 bits per heavy atom. The summed E-state index contributed by atoms with van der Waals surface area (Å²) >= 11 is 0. The van der Waals surface area contributed by atoms with E-state index in [1.807, 2.05) is 0 Å². The number of aryl methyl sites for hydroxylation is 1. The molecular weight excluding hydrogens is 408 g/mol. The number of aliphatic hydroxyl groups is 1. The highest BCUT2D eigenvalue weighted by atomic mass is 19.3. The fraction of sp³-hybridized carbons (Fsp3) is 0.524. The number of carbonyl (C=O) groups excluding carboxylic acids is 1. The van der Waals surface area contributed by atoms with Crippen molar-refractivity contribution in [1.82, 2.24) is 25.5 Å². The van der Waals surface area contributed by atoms with Gasteiger partial charge in [0.2, 0.25) is 0 Å². The van der Waals surface area contributed by atoms with E-state index in [0.29, 0.717) is 18.8 Å². The number of hydrogen-bond acceptors (Lipinski definition) is 6. The van der Waals surface area contributed by atoms with E-state index in [2.05, 4.69) is 20.6 Å². The van der Waals surface area contributed by atoms with E-state index in [1.54, 1.807) is 6.07 Å². The number of tetrazole rings is 1. The summed E-state index contributed by atoms with van der Waals surface area (Å²) in [5.74, 6) is -2.74. The quantitative estimate of drug-likeness (QED) is 0.415. The third-order valence-electron chi connectivity index (χ3n) is 5.26. The van der Waals surface area contributed by atoms with Gasteiger partial charge < -0.3 is 14.7 Å². The largest absolute Gasteiger partial charge is 0.449 e. The number of ether oxygens (including phenoxy) is 1. The van der Waals surface area contributed by atoms with E-state index in [9.17, 15) is 18.7 Å². The lowest BCUT2D eigenvalue weighted by Crippen LogP contribution is -2.45. The van der Waals surface area contributed by atoms with Crippen LogP contribution in [0.5, 0.6) is 0 Å². The number of aromatic amines is 1. The number of nitrogens with zero attached hydrogens (tertiary/aromatic N) is 4. The number of rotatable bonds is 11. The Labute approximate surface area is 179 Å². The molecule has 1 fully saturated rings. The summed E-state index contributed by atoms with van der Waals surface area (Å²) in [4.78, 5) is 13.7. The second kappa shape index (κ2) is 10.9. The van der Waals surface area contributed by atoms with Crippen molar-refractivity contribution in [2.24, 2.45) is 0 Å². The van der Waals surface area contributed by atoms with Crippen LogP contribution in [-0.4, -0.2) is 62.0 Å². The van der Waals surface area contributed by atoms with Crippen molar-refractivity contribution in [1.29, 1.82) is 0 Å². The van der Waals surface area contributed by atoms with Crippen LogP contribution in [0.3, 0.4) is 0 Å². The molecule has 0 bridgehead atoms. The normalized spacial score (nSPS) is 18.4. The standard InChI is InChI=1S/C21H27F2N5O3/c22-21(23,16-8-4-3-5-9-16)18(29)12-11-17-13-15-31-20(30)28(17)14-7-2-1-6-10-19-24-26-27-25-19/h3-5,8-9,11-12,17-18,29H,1-2,6-7,10,13-15H2,(H,24,25,26,27)/b12-11+/t17-,18+/m0/s1. The molecule has 2 aromatic rings. The van der Waals surface area contributed by atoms with Gasteiger partial charge in [0.05, 0.1) is 12.6 Å². The summed E-state index contributed by atoms with van der Waals surface area (Å²) < 4.78 is 34.1. The molecule has 0 spiro atoms. The van der Waals surface area contributed by atoms with Crippen molar-refractivity contribution in [3.05, 3.63) is 53.9 Å². The fourth-order valence-corrected chi connectivity index (χ4v) is 3.49. The van der Waals surface area contributed by atoms with Crippen molar-refractivity contribution in [2.45, 2.75) is 56.6 Å². The molecule has 8 nitrogen and oxygen atoms in total. The first-order chi connectivity index (χ1) is 15.0. The minimum Gasteiger partial charge on any atom is -0.449 e. The molecule has 0 unspecified atom stereocenters. The molecular formula is C21H27F2N5O3. The molecule has 1 aromatic carbocycles. The van der Waals surface area contributed by atoms with Gasteiger partial charge in [-0.1, -0.05) is 60.5 Å². The molecule has 2 atom stereocenters. The van der Waals surface area contributed by atoms with Crippen LogP contribution in [0, 0.1) is 0 Å². The van der Waals surface area contributed by atoms with Gasteiger partial charge in [-0.15, -0.1) is 10.2 Å². The molecule has 0 aliphatic carbocycles. The molecule has 0 radical (unpaired) electrons. The Bertz CT molecular complexity index is 833. The number of aliphatic hydroxyl groups excluding tert-OH is 1. The predicted octanol–water partition coefficient (Wildman–Crippen LogP) is 3.22. The first-order valence-corrected chi connectivity index (χ1v) is 10.4. The SMILES string of the molecule is O=C1OCC[C@H](/C=C/[C@@H](O)C(F)(F)c2ccccc2)N1CCCCCCc1nn[nH]n1. The van der Waals surface area contributed by atoms with Crippen LogP contribution < -0.4 is 0 Å². The molecule has 1 aromatic heterocycles. The van der Waals surface area contributed by atoms with Gasteiger partial charge in [-0.05, 0) is 12.8 Å². The summed E-state index contributed by atoms with van der Waals surface area (Å²) in [6.07, 6.45) is 4.85. The van der Waals surface area contributed by atoms with Crippen LogP contribution >= 0.6 is 0 Å². The first kappa shape index (κ1) is 22.8. The molecule has 168 valence electrons. The lowest BCUT2D eigenvalue weighted by Gasteiger charge is -2.33. The zero-order valence-electron chi connectivity index (χ0n) is 17.2. The van der Waals surface area contributed by atoms with E-state index in [1.165, 1.54) is 35.2 Å². The maximum Gasteiger partial charge on any atom is 0.410 e. The average molecular weight is 435 g/mol. The molecule has 31 heavy (non-hydrogen) atoms. The van der Waals surface area contributed by atoms with Gasteiger partial charge in [0, 0.05) is 24.9 Å². The number of unbranched alkanes of at least 4 members (excludes halogenated alkanes) is 3. The minimum absolute atomic E-state index is 0.222. The van der Waals surface area contributed by atoms with Crippen LogP contribution in [0.4, 0.5) is 13.6 Å². The Kier molecular flexibility index (Phi) is 8.05. The van der Waals surface area contributed by atoms with Crippen molar-refractivity contribution in [3.8, 4) is 0 Å². The molecule has 1 aliphatic heterocycles. The van der Waals surface area contributed by atoms with Crippen molar-refractivity contribution in [2.75, 3.05) is 13.2 Å². The number of amides is 1. The van der Waals surface area contributed by atoms with E-state index < -0.39 is 18.1 Å². The van der Waals surface area contributed by atoms with Gasteiger partial charge in [0.15, 0.2) is 5.82 Å². The summed E-state index contributed by atoms with van der Waals surface area (Å²) in [5, 5.41) is 23.8. The lowest BCUT2D eigenvalue weighted by atomic mass is 10.0. The van der Waals surface area contributed by atoms with Gasteiger partial charge in [0.25, 0.3) is 0 Å². The highest BCUT2D eigenvalue weighted by Gasteiger charge is 2.39. The third-order valence-corrected chi connectivity index (χ3v) is 5.26. The number of halogens is 2. The molecule has 3 rings (SSSR count). The Hall–Kier alpha value is -2.88. The molecule has 1 saturated heterocycles. The number of aromatic nitrogens is 4. The van der Waals surface area contributed by atoms with Crippen LogP contribution in [0.25, 0.3) is 0 Å². The summed E-state index contributed by atoms with van der Waals surface area (Å²) in [5.41, 5.74) is -0.257. The highest BCUT2D eigenvalue weighted by molar-refractivity contribution is 5.69. The van der Waals surface area contributed by atoms with Crippen LogP contribution in [-0.2, 0) is 17.1 Å². The molecule has 1 amide bonds. The zero-order valence-corrected chi connectivity index (χ0v) is 17.2. The summed E-state index contributed by atoms with van der Waals surface area (Å²) in [6, 6.07) is 6.81. The first-order valence-electron chi connectivity index (χ1n) is 10.4. The Morgan fingerprint density at radius 1 is 1.26 bits per heavy atom. The highest BCUT2D eigenvalue weighted by Crippen LogP contribution is 2.32. The predicted molar refractivity (Wildman–Crippen MR) is 108 cm³/mol. The van der Waals surface area contributed by atoms with Crippen LogP contribution in [0.2, 0.25) is 0 Å². The fourth-order valence-electron chi connectivity index (χ4n) is 3.49. The van der Waals surface area contributed by atoms with Gasteiger partial charge >= 0.3 is 12.0 Å². The van der Waals surface area contributed by atoms with E-state index >= 15 is 0 Å². The molecule has 2 N–H and O–H groups in total. The number of carbonyl (C=O) groups is 1. The summed E-state index contributed by atoms with van der Waals surface area (Å²) in [7, 11) is 0. The monoisotopic (exact) mass is 435 g/mol. The molecule has 2 heterocycles. The zero-order chi connectivity index (χ0) is 22.1. The van der Waals surface area contributed by atoms with Gasteiger partial charge in [-0.3, -0.25) is 0 Å². The molecule has 0 saturated carbocycles. The van der Waals surface area contributed by atoms with Crippen molar-refractivity contribution in [3.63, 3.8) is 0 Å². The topological polar surface area (TPSA) is 104 Å². The smallest absolute Gasteiger partial charge is 0.410 e. The lowest BCUT2D eigenvalue weighted by molar-refractivity contribution is -0.0930. The van der Waals surface area contributed by atoms with Crippen LogP contribution in [0.15, 0.2) is 42.5 Å². The second-order valence-electron chi connectivity index (χ2n) is 7.47. The van der Waals surface area contributed by atoms with Gasteiger partial charge in [0.1, 0.15) is 6.10 Å². The number of H-pyrrole nitrogens is 1. The maximum atomic E-state index is 14.5. The summed E-state index contributed by atoms with van der Waals surface area (Å²) in [6.45, 7) is 0.682. The third kappa shape index (κ3) is 6.30. The Balaban J connectivity index is 1.49. The van der Waals surface area contributed by atoms with Crippen molar-refractivity contribution >= 4 is 6.09 Å². The van der Waals surface area contributed by atoms with E-state index in [4.69, 9.17) is 4.74 Å². The number of cyclic esters (lactones) is 1. The minimum atomic E-state index is -3.42. The van der Waals surface area contributed by atoms with Crippen LogP contribution in [0.1, 0.15) is 43.5 Å². The second-order valence-corrected chi connectivity index (χ2v) is 7.47. The van der Waals surface area contributed by atoms with Crippen molar-refractivity contribution < 1.29 is 23.4 Å². The molecule has 10 heteroatoms. The van der Waals surface area contributed by atoms with Gasteiger partial charge in [-0.25, -0.2) is 4.79 Å². The number of nitrogens with one attached hydrogen (secondary N) is 1. The maximum absolute atomic E-state index is 14.5.